The number of hydrogen-bond acceptors (Lipinski definition) is 2. The van der Waals surface area contributed by atoms with Crippen molar-refractivity contribution in [2.45, 2.75) is 18.9 Å². The highest BCUT2D eigenvalue weighted by Gasteiger charge is 2.27. The zero-order chi connectivity index (χ0) is 11.3. The fourth-order valence-corrected chi connectivity index (χ4v) is 2.35. The Morgan fingerprint density at radius 1 is 1.31 bits per heavy atom. The van der Waals surface area contributed by atoms with E-state index in [9.17, 15) is 9.59 Å². The molecular formula is C11H9BrN2O2. The third-order valence-electron chi connectivity index (χ3n) is 2.83. The summed E-state index contributed by atoms with van der Waals surface area (Å²) in [6.45, 7) is 0. The Morgan fingerprint density at radius 3 is 2.75 bits per heavy atom. The molecule has 0 radical (unpaired) electrons. The first-order valence-corrected chi connectivity index (χ1v) is 5.91. The van der Waals surface area contributed by atoms with Gasteiger partial charge in [-0.1, -0.05) is 6.07 Å². The Morgan fingerprint density at radius 2 is 2.06 bits per heavy atom. The Hall–Kier alpha value is -1.36. The number of nitrogens with one attached hydrogen (secondary N) is 1. The number of benzene rings is 1. The lowest BCUT2D eigenvalue weighted by Gasteiger charge is -2.05. The standard InChI is InChI=1S/C11H9BrN2O2/c12-8-3-1-2-7-9(8)13-11(16)14(10(7)15)6-4-5-6/h1-3,6H,4-5H2,(H,13,16). The molecule has 0 amide bonds. The second-order valence-corrected chi connectivity index (χ2v) is 4.85. The summed E-state index contributed by atoms with van der Waals surface area (Å²) in [5.74, 6) is 0. The smallest absolute Gasteiger partial charge is 0.306 e. The molecule has 0 bridgehead atoms. The van der Waals surface area contributed by atoms with Crippen LogP contribution < -0.4 is 11.2 Å². The Kier molecular flexibility index (Phi) is 2.04. The normalized spacial score (nSPS) is 15.6. The molecule has 0 unspecified atom stereocenters. The predicted octanol–water partition coefficient (Wildman–Crippen LogP) is 1.79. The Labute approximate surface area is 99.0 Å². The minimum Gasteiger partial charge on any atom is -0.306 e. The molecule has 0 spiro atoms. The van der Waals surface area contributed by atoms with Gasteiger partial charge < -0.3 is 4.98 Å². The van der Waals surface area contributed by atoms with Crippen LogP contribution in [-0.2, 0) is 0 Å². The molecule has 4 nitrogen and oxygen atoms in total. The van der Waals surface area contributed by atoms with E-state index < -0.39 is 0 Å². The average molecular weight is 281 g/mol. The van der Waals surface area contributed by atoms with Crippen molar-refractivity contribution in [3.05, 3.63) is 43.5 Å². The minimum atomic E-state index is -0.313. The van der Waals surface area contributed by atoms with Crippen molar-refractivity contribution in [1.29, 1.82) is 0 Å². The summed E-state index contributed by atoms with van der Waals surface area (Å²) in [5, 5.41) is 0.556. The molecule has 1 fully saturated rings. The molecule has 0 saturated heterocycles. The van der Waals surface area contributed by atoms with Crippen molar-refractivity contribution in [2.24, 2.45) is 0 Å². The predicted molar refractivity (Wildman–Crippen MR) is 64.8 cm³/mol. The molecule has 82 valence electrons. The SMILES string of the molecule is O=c1[nH]c2c(Br)cccc2c(=O)n1C1CC1. The van der Waals surface area contributed by atoms with Crippen LogP contribution in [0.2, 0.25) is 0 Å². The zero-order valence-corrected chi connectivity index (χ0v) is 9.95. The molecule has 1 saturated carbocycles. The molecule has 0 aliphatic heterocycles. The van der Waals surface area contributed by atoms with Gasteiger partial charge in [0, 0.05) is 10.5 Å². The third-order valence-corrected chi connectivity index (χ3v) is 3.49. The molecule has 3 rings (SSSR count). The van der Waals surface area contributed by atoms with E-state index in [1.54, 1.807) is 18.2 Å². The highest BCUT2D eigenvalue weighted by Crippen LogP contribution is 2.32. The van der Waals surface area contributed by atoms with Gasteiger partial charge in [-0.3, -0.25) is 9.36 Å². The summed E-state index contributed by atoms with van der Waals surface area (Å²) in [6, 6.07) is 5.43. The summed E-state index contributed by atoms with van der Waals surface area (Å²) >= 11 is 3.32. The topological polar surface area (TPSA) is 54.9 Å². The first-order chi connectivity index (χ1) is 7.68. The van der Waals surface area contributed by atoms with Crippen molar-refractivity contribution < 1.29 is 0 Å². The van der Waals surface area contributed by atoms with E-state index in [-0.39, 0.29) is 17.3 Å². The summed E-state index contributed by atoms with van der Waals surface area (Å²) in [7, 11) is 0. The van der Waals surface area contributed by atoms with Crippen LogP contribution in [0, 0.1) is 0 Å². The molecule has 2 aromatic rings. The number of fused-ring (bicyclic) bond motifs is 1. The maximum Gasteiger partial charge on any atom is 0.329 e. The van der Waals surface area contributed by atoms with E-state index >= 15 is 0 Å². The number of nitrogens with zero attached hydrogens (tertiary/aromatic N) is 1. The van der Waals surface area contributed by atoms with Crippen LogP contribution in [0.25, 0.3) is 10.9 Å². The highest BCUT2D eigenvalue weighted by molar-refractivity contribution is 9.10. The maximum atomic E-state index is 12.1. The average Bonchev–Trinajstić information content (AvgIpc) is 3.04. The summed E-state index contributed by atoms with van der Waals surface area (Å²) in [5.41, 5.74) is 0.0730. The van der Waals surface area contributed by atoms with Gasteiger partial charge in [0.05, 0.1) is 10.9 Å². The number of aromatic nitrogens is 2. The number of rotatable bonds is 1. The molecule has 1 aromatic heterocycles. The first-order valence-electron chi connectivity index (χ1n) is 5.11. The highest BCUT2D eigenvalue weighted by atomic mass is 79.9. The van der Waals surface area contributed by atoms with Gasteiger partial charge in [-0.05, 0) is 40.9 Å². The Balaban J connectivity index is 2.48. The molecule has 1 aliphatic rings. The van der Waals surface area contributed by atoms with E-state index in [0.29, 0.717) is 10.9 Å². The molecule has 5 heteroatoms. The lowest BCUT2D eigenvalue weighted by atomic mass is 10.2. The monoisotopic (exact) mass is 280 g/mol. The lowest BCUT2D eigenvalue weighted by molar-refractivity contribution is 0.666. The van der Waals surface area contributed by atoms with Crippen molar-refractivity contribution in [3.8, 4) is 0 Å². The number of aromatic amines is 1. The van der Waals surface area contributed by atoms with Gasteiger partial charge in [0.15, 0.2) is 0 Å². The second-order valence-electron chi connectivity index (χ2n) is 4.00. The van der Waals surface area contributed by atoms with Crippen LogP contribution >= 0.6 is 15.9 Å². The fraction of sp³-hybridized carbons (Fsp3) is 0.273. The van der Waals surface area contributed by atoms with E-state index in [4.69, 9.17) is 0 Å². The number of para-hydroxylation sites is 1. The van der Waals surface area contributed by atoms with Gasteiger partial charge in [0.2, 0.25) is 0 Å². The van der Waals surface area contributed by atoms with Gasteiger partial charge in [0.1, 0.15) is 0 Å². The number of halogens is 1. The molecule has 1 aliphatic carbocycles. The van der Waals surface area contributed by atoms with E-state index in [0.717, 1.165) is 17.3 Å². The van der Waals surface area contributed by atoms with Crippen LogP contribution in [0.5, 0.6) is 0 Å². The van der Waals surface area contributed by atoms with E-state index in [1.807, 2.05) is 0 Å². The van der Waals surface area contributed by atoms with Crippen molar-refractivity contribution >= 4 is 26.8 Å². The van der Waals surface area contributed by atoms with Gasteiger partial charge in [-0.25, -0.2) is 4.79 Å². The van der Waals surface area contributed by atoms with E-state index in [1.165, 1.54) is 4.57 Å². The van der Waals surface area contributed by atoms with Crippen LogP contribution in [0.4, 0.5) is 0 Å². The molecule has 1 N–H and O–H groups in total. The van der Waals surface area contributed by atoms with Crippen LogP contribution in [-0.4, -0.2) is 9.55 Å². The zero-order valence-electron chi connectivity index (χ0n) is 8.37. The fourth-order valence-electron chi connectivity index (χ4n) is 1.88. The van der Waals surface area contributed by atoms with E-state index in [2.05, 4.69) is 20.9 Å². The lowest BCUT2D eigenvalue weighted by Crippen LogP contribution is -2.34. The second kappa shape index (κ2) is 3.31. The van der Waals surface area contributed by atoms with Gasteiger partial charge in [-0.15, -0.1) is 0 Å². The van der Waals surface area contributed by atoms with Crippen LogP contribution in [0.1, 0.15) is 18.9 Å². The quantitative estimate of drug-likeness (QED) is 0.866. The largest absolute Gasteiger partial charge is 0.329 e. The van der Waals surface area contributed by atoms with Gasteiger partial charge >= 0.3 is 5.69 Å². The first kappa shape index (κ1) is 9.84. The number of hydrogen-bond donors (Lipinski definition) is 1. The minimum absolute atomic E-state index is 0.0969. The summed E-state index contributed by atoms with van der Waals surface area (Å²) in [4.78, 5) is 26.6. The molecular weight excluding hydrogens is 272 g/mol. The Bertz CT molecular complexity index is 682. The summed E-state index contributed by atoms with van der Waals surface area (Å²) < 4.78 is 2.07. The molecule has 16 heavy (non-hydrogen) atoms. The molecule has 0 atom stereocenters. The van der Waals surface area contributed by atoms with Crippen molar-refractivity contribution in [3.63, 3.8) is 0 Å². The summed E-state index contributed by atoms with van der Waals surface area (Å²) in [6.07, 6.45) is 1.84. The third kappa shape index (κ3) is 1.35. The van der Waals surface area contributed by atoms with Gasteiger partial charge in [-0.2, -0.15) is 0 Å². The van der Waals surface area contributed by atoms with Crippen LogP contribution in [0.15, 0.2) is 32.3 Å². The van der Waals surface area contributed by atoms with Crippen molar-refractivity contribution in [2.75, 3.05) is 0 Å². The van der Waals surface area contributed by atoms with Crippen molar-refractivity contribution in [1.82, 2.24) is 9.55 Å². The molecule has 1 aromatic carbocycles. The maximum absolute atomic E-state index is 12.1. The van der Waals surface area contributed by atoms with Gasteiger partial charge in [0.25, 0.3) is 5.56 Å². The number of H-pyrrole nitrogens is 1. The molecule has 1 heterocycles. The van der Waals surface area contributed by atoms with Crippen LogP contribution in [0.3, 0.4) is 0 Å².